The Labute approximate surface area is 132 Å². The fourth-order valence-electron chi connectivity index (χ4n) is 1.84. The third kappa shape index (κ3) is 8.21. The lowest BCUT2D eigenvalue weighted by Gasteiger charge is -2.18. The zero-order valence-corrected chi connectivity index (χ0v) is 13.9. The molecule has 1 aromatic carbocycles. The van der Waals surface area contributed by atoms with E-state index < -0.39 is 10.1 Å². The van der Waals surface area contributed by atoms with E-state index in [0.717, 1.165) is 5.56 Å². The van der Waals surface area contributed by atoms with Gasteiger partial charge in [0, 0.05) is 11.1 Å². The zero-order chi connectivity index (χ0) is 15.9. The molecule has 4 nitrogen and oxygen atoms in total. The smallest absolute Gasteiger partial charge is 0.264 e. The molecular weight excluding hydrogens is 310 g/mol. The first kappa shape index (κ1) is 18.2. The molecule has 2 N–H and O–H groups in total. The van der Waals surface area contributed by atoms with Crippen molar-refractivity contribution in [2.75, 3.05) is 12.3 Å². The van der Waals surface area contributed by atoms with Crippen molar-refractivity contribution in [2.45, 2.75) is 26.3 Å². The number of benzene rings is 1. The first-order valence-electron chi connectivity index (χ1n) is 6.90. The Balaban J connectivity index is 2.51. The summed E-state index contributed by atoms with van der Waals surface area (Å²) in [7, 11) is -3.87. The van der Waals surface area contributed by atoms with E-state index in [1.807, 2.05) is 30.3 Å². The van der Waals surface area contributed by atoms with Gasteiger partial charge in [-0.25, -0.2) is 0 Å². The second kappa shape index (κ2) is 8.54. The van der Waals surface area contributed by atoms with Gasteiger partial charge in [-0.3, -0.25) is 4.55 Å². The molecule has 118 valence electrons. The van der Waals surface area contributed by atoms with Crippen LogP contribution in [0, 0.1) is 5.92 Å². The molecule has 0 saturated heterocycles. The van der Waals surface area contributed by atoms with Crippen LogP contribution in [0.3, 0.4) is 0 Å². The molecule has 0 saturated carbocycles. The van der Waals surface area contributed by atoms with Crippen molar-refractivity contribution in [3.8, 4) is 0 Å². The van der Waals surface area contributed by atoms with Gasteiger partial charge in [-0.1, -0.05) is 49.7 Å². The first-order chi connectivity index (χ1) is 9.78. The molecule has 1 atom stereocenters. The van der Waals surface area contributed by atoms with Crippen molar-refractivity contribution in [1.29, 1.82) is 0 Å². The average Bonchev–Trinajstić information content (AvgIpc) is 2.38. The molecule has 21 heavy (non-hydrogen) atoms. The highest BCUT2D eigenvalue weighted by atomic mass is 35.5. The summed E-state index contributed by atoms with van der Waals surface area (Å²) in [5, 5.41) is 3.99. The van der Waals surface area contributed by atoms with E-state index in [-0.39, 0.29) is 11.8 Å². The quantitative estimate of drug-likeness (QED) is 0.567. The molecule has 0 amide bonds. The van der Waals surface area contributed by atoms with Gasteiger partial charge < -0.3 is 5.32 Å². The van der Waals surface area contributed by atoms with Crippen LogP contribution in [0.4, 0.5) is 0 Å². The molecule has 0 unspecified atom stereocenters. The van der Waals surface area contributed by atoms with E-state index in [1.54, 1.807) is 0 Å². The lowest BCUT2D eigenvalue weighted by atomic mass is 10.0. The zero-order valence-electron chi connectivity index (χ0n) is 12.3. The normalized spacial score (nSPS) is 14.0. The van der Waals surface area contributed by atoms with Gasteiger partial charge in [-0.05, 0) is 36.6 Å². The molecule has 1 aromatic rings. The van der Waals surface area contributed by atoms with E-state index in [9.17, 15) is 8.42 Å². The fourth-order valence-corrected chi connectivity index (χ4v) is 2.47. The summed E-state index contributed by atoms with van der Waals surface area (Å²) in [5.41, 5.74) is 1.06. The van der Waals surface area contributed by atoms with Crippen LogP contribution in [0.15, 0.2) is 30.3 Å². The van der Waals surface area contributed by atoms with E-state index in [0.29, 0.717) is 23.9 Å². The summed E-state index contributed by atoms with van der Waals surface area (Å²) in [6.07, 6.45) is 4.45. The maximum Gasteiger partial charge on any atom is 0.264 e. The molecule has 0 aromatic heterocycles. The number of hydrogen-bond donors (Lipinski definition) is 2. The van der Waals surface area contributed by atoms with Crippen LogP contribution in [0.1, 0.15) is 25.8 Å². The van der Waals surface area contributed by atoms with Crippen molar-refractivity contribution in [2.24, 2.45) is 5.92 Å². The molecular formula is C15H22ClNO3S. The lowest BCUT2D eigenvalue weighted by molar-refractivity contribution is 0.456. The minimum atomic E-state index is -3.87. The maximum atomic E-state index is 10.7. The van der Waals surface area contributed by atoms with Crippen molar-refractivity contribution < 1.29 is 13.0 Å². The molecule has 0 fully saturated rings. The molecule has 0 aliphatic rings. The lowest BCUT2D eigenvalue weighted by Crippen LogP contribution is -2.33. The predicted molar refractivity (Wildman–Crippen MR) is 88.1 cm³/mol. The number of hydrogen-bond acceptors (Lipinski definition) is 3. The SMILES string of the molecule is CC(C)[C@@H](/C=C/c1ccc(Cl)cc1)NCCCS(=O)(=O)O. The average molecular weight is 332 g/mol. The molecule has 0 aliphatic heterocycles. The standard InChI is InChI=1S/C15H22ClNO3S/c1-12(2)15(17-10-3-11-21(18,19)20)9-6-13-4-7-14(16)8-5-13/h4-9,12,15,17H,3,10-11H2,1-2H3,(H,18,19,20)/b9-6+/t15-/m1/s1. The van der Waals surface area contributed by atoms with Crippen LogP contribution in [0.5, 0.6) is 0 Å². The molecule has 6 heteroatoms. The van der Waals surface area contributed by atoms with Crippen LogP contribution in [-0.4, -0.2) is 31.3 Å². The molecule has 0 aliphatic carbocycles. The highest BCUT2D eigenvalue weighted by molar-refractivity contribution is 7.85. The van der Waals surface area contributed by atoms with Crippen LogP contribution >= 0.6 is 11.6 Å². The topological polar surface area (TPSA) is 66.4 Å². The second-order valence-electron chi connectivity index (χ2n) is 5.27. The summed E-state index contributed by atoms with van der Waals surface area (Å²) in [6.45, 7) is 4.72. The minimum absolute atomic E-state index is 0.141. The molecule has 0 spiro atoms. The molecule has 0 heterocycles. The number of nitrogens with one attached hydrogen (secondary N) is 1. The Morgan fingerprint density at radius 3 is 2.43 bits per heavy atom. The first-order valence-corrected chi connectivity index (χ1v) is 8.89. The Kier molecular flexibility index (Phi) is 7.39. The fraction of sp³-hybridized carbons (Fsp3) is 0.467. The predicted octanol–water partition coefficient (Wildman–Crippen LogP) is 3.25. The van der Waals surface area contributed by atoms with Gasteiger partial charge >= 0.3 is 0 Å². The number of rotatable bonds is 8. The van der Waals surface area contributed by atoms with Gasteiger partial charge in [0.25, 0.3) is 10.1 Å². The van der Waals surface area contributed by atoms with Gasteiger partial charge in [0.05, 0.1) is 5.75 Å². The second-order valence-corrected chi connectivity index (χ2v) is 7.28. The van der Waals surface area contributed by atoms with Gasteiger partial charge in [0.2, 0.25) is 0 Å². The van der Waals surface area contributed by atoms with Crippen molar-refractivity contribution in [3.05, 3.63) is 40.9 Å². The van der Waals surface area contributed by atoms with Crippen LogP contribution in [0.25, 0.3) is 6.08 Å². The highest BCUT2D eigenvalue weighted by Crippen LogP contribution is 2.12. The Hall–Kier alpha value is -0.880. The minimum Gasteiger partial charge on any atom is -0.310 e. The van der Waals surface area contributed by atoms with Crippen LogP contribution in [-0.2, 0) is 10.1 Å². The Morgan fingerprint density at radius 1 is 1.29 bits per heavy atom. The van der Waals surface area contributed by atoms with E-state index in [1.165, 1.54) is 0 Å². The molecule has 1 rings (SSSR count). The maximum absolute atomic E-state index is 10.7. The van der Waals surface area contributed by atoms with Gasteiger partial charge in [0.1, 0.15) is 0 Å². The monoisotopic (exact) mass is 331 g/mol. The molecule has 0 radical (unpaired) electrons. The summed E-state index contributed by atoms with van der Waals surface area (Å²) >= 11 is 5.84. The summed E-state index contributed by atoms with van der Waals surface area (Å²) < 4.78 is 30.0. The van der Waals surface area contributed by atoms with Crippen molar-refractivity contribution >= 4 is 27.8 Å². The Bertz CT molecular complexity index is 553. The van der Waals surface area contributed by atoms with Gasteiger partial charge in [-0.2, -0.15) is 8.42 Å². The number of halogens is 1. The van der Waals surface area contributed by atoms with Gasteiger partial charge in [-0.15, -0.1) is 0 Å². The largest absolute Gasteiger partial charge is 0.310 e. The Morgan fingerprint density at radius 2 is 1.90 bits per heavy atom. The van der Waals surface area contributed by atoms with Gasteiger partial charge in [0.15, 0.2) is 0 Å². The van der Waals surface area contributed by atoms with E-state index in [2.05, 4.69) is 25.2 Å². The van der Waals surface area contributed by atoms with E-state index >= 15 is 0 Å². The van der Waals surface area contributed by atoms with Crippen molar-refractivity contribution in [3.63, 3.8) is 0 Å². The summed E-state index contributed by atoms with van der Waals surface area (Å²) in [6, 6.07) is 7.70. The van der Waals surface area contributed by atoms with E-state index in [4.69, 9.17) is 16.2 Å². The third-order valence-corrected chi connectivity index (χ3v) is 4.10. The van der Waals surface area contributed by atoms with Crippen LogP contribution in [0.2, 0.25) is 5.02 Å². The summed E-state index contributed by atoms with van der Waals surface area (Å²) in [5.74, 6) is 0.158. The summed E-state index contributed by atoms with van der Waals surface area (Å²) in [4.78, 5) is 0. The van der Waals surface area contributed by atoms with Crippen molar-refractivity contribution in [1.82, 2.24) is 5.32 Å². The third-order valence-electron chi connectivity index (χ3n) is 3.04. The highest BCUT2D eigenvalue weighted by Gasteiger charge is 2.10. The molecule has 0 bridgehead atoms. The van der Waals surface area contributed by atoms with Crippen LogP contribution < -0.4 is 5.32 Å².